The standard InChI is InChI=1S/C50H80O23/c1-19-7-10-50(65-17-19)20(2)32-27(73-50)12-25-23-6-5-21-11-22(8-9-48(21,3)24(23)13-31(55)49(25,32)4)66-45-39(62)36(59)41(29(15-52)68-45)70-46-40(63)37(60)42(30(16-53)69-46)71-47-43(35(58)34(57)28(14-51)67-47)72-44-38(61)33(56)26(54)18-64-44/h19-30,32-47,51-54,56-63H,5-18H2,1-4H3/t19-,20?,21+,22+,23?,24?,25?,26-,27?,28-,29-,30-,32?,33+,34-,35+,36-,37-,38-,39-,40-,41+,42-,43-,44-,45-,46-,47+,48+,49-,50?/m1/s1. The summed E-state index contributed by atoms with van der Waals surface area (Å²) in [6.07, 6.45) is -25.6. The molecular weight excluding hydrogens is 969 g/mol. The summed E-state index contributed by atoms with van der Waals surface area (Å²) < 4.78 is 60.1. The Hall–Kier alpha value is -1.21. The molecule has 7 unspecified atom stereocenters. The summed E-state index contributed by atoms with van der Waals surface area (Å²) in [6, 6.07) is 0. The summed E-state index contributed by atoms with van der Waals surface area (Å²) >= 11 is 0. The maximum absolute atomic E-state index is 14.6. The molecule has 4 aliphatic carbocycles. The quantitative estimate of drug-likeness (QED) is 0.0913. The highest BCUT2D eigenvalue weighted by Gasteiger charge is 2.72. The topological polar surface area (TPSA) is 352 Å². The Labute approximate surface area is 423 Å². The first kappa shape index (κ1) is 55.1. The number of hydrogen-bond acceptors (Lipinski definition) is 23. The fraction of sp³-hybridized carbons (Fsp3) is 0.980. The van der Waals surface area contributed by atoms with Gasteiger partial charge in [-0.2, -0.15) is 0 Å². The van der Waals surface area contributed by atoms with Crippen LogP contribution < -0.4 is 0 Å². The van der Waals surface area contributed by atoms with Crippen LogP contribution in [0.15, 0.2) is 0 Å². The molecule has 0 bridgehead atoms. The number of ketones is 1. The highest BCUT2D eigenvalue weighted by molar-refractivity contribution is 5.87. The number of hydrogen-bond donors (Lipinski definition) is 12. The fourth-order valence-corrected chi connectivity index (χ4v) is 15.6. The van der Waals surface area contributed by atoms with Crippen molar-refractivity contribution in [3.05, 3.63) is 0 Å². The first-order chi connectivity index (χ1) is 34.7. The predicted octanol–water partition coefficient (Wildman–Crippen LogP) is -3.09. The SMILES string of the molecule is CC1C2C(CC3C4CC[C@H]5C[C@@H](O[C@@H]6O[C@H](CO)[C@H](O[C@H]7O[C@H](CO)[C@@H](O[C@@H]8O[C@H](CO)[C@@H](O)[C@H](O)[C@H]8O[C@H]8OC[C@@H](O)[C@H](O)[C@H]8O)[C@H](O)[C@H]7O)[C@H](O)[C@H]6O)CC[C@]5(C)C4CC(=O)[C@@]32C)OC12CC[C@@H](C)CO2. The molecule has 10 rings (SSSR count). The average molecular weight is 1050 g/mol. The van der Waals surface area contributed by atoms with Crippen LogP contribution >= 0.6 is 0 Å². The third kappa shape index (κ3) is 9.30. The molecule has 6 aliphatic heterocycles. The molecule has 12 N–H and O–H groups in total. The van der Waals surface area contributed by atoms with E-state index in [0.29, 0.717) is 43.5 Å². The van der Waals surface area contributed by atoms with Gasteiger partial charge in [0.2, 0.25) is 0 Å². The van der Waals surface area contributed by atoms with Crippen LogP contribution in [-0.4, -0.2) is 235 Å². The van der Waals surface area contributed by atoms with Crippen molar-refractivity contribution in [3.8, 4) is 0 Å². The molecule has 23 heteroatoms. The number of ether oxygens (including phenoxy) is 10. The van der Waals surface area contributed by atoms with E-state index in [2.05, 4.69) is 27.7 Å². The van der Waals surface area contributed by atoms with Crippen LogP contribution in [-0.2, 0) is 52.2 Å². The van der Waals surface area contributed by atoms with E-state index in [-0.39, 0.29) is 47.2 Å². The van der Waals surface area contributed by atoms with Crippen molar-refractivity contribution in [2.45, 2.75) is 220 Å². The third-order valence-electron chi connectivity index (χ3n) is 19.9. The molecule has 0 amide bonds. The second kappa shape index (κ2) is 21.1. The lowest BCUT2D eigenvalue weighted by molar-refractivity contribution is -0.393. The molecule has 4 saturated carbocycles. The maximum Gasteiger partial charge on any atom is 0.187 e. The lowest BCUT2D eigenvalue weighted by atomic mass is 9.44. The molecule has 1 spiro atoms. The Kier molecular flexibility index (Phi) is 15.9. The van der Waals surface area contributed by atoms with Crippen LogP contribution in [0.25, 0.3) is 0 Å². The Morgan fingerprint density at radius 1 is 0.589 bits per heavy atom. The van der Waals surface area contributed by atoms with Gasteiger partial charge in [0, 0.05) is 30.1 Å². The number of fused-ring (bicyclic) bond motifs is 7. The van der Waals surface area contributed by atoms with Gasteiger partial charge in [0.05, 0.1) is 45.2 Å². The van der Waals surface area contributed by atoms with Crippen LogP contribution in [0.3, 0.4) is 0 Å². The number of carbonyl (C=O) groups is 1. The van der Waals surface area contributed by atoms with Gasteiger partial charge in [-0.3, -0.25) is 4.79 Å². The van der Waals surface area contributed by atoms with Crippen LogP contribution in [0.5, 0.6) is 0 Å². The van der Waals surface area contributed by atoms with E-state index in [4.69, 9.17) is 47.4 Å². The van der Waals surface area contributed by atoms with Gasteiger partial charge in [0.1, 0.15) is 97.3 Å². The Morgan fingerprint density at radius 3 is 1.81 bits per heavy atom. The maximum atomic E-state index is 14.6. The summed E-state index contributed by atoms with van der Waals surface area (Å²) in [5.41, 5.74) is -0.588. The number of aliphatic hydroxyl groups excluding tert-OH is 12. The van der Waals surface area contributed by atoms with Crippen LogP contribution in [0, 0.1) is 52.3 Å². The second-order valence-electron chi connectivity index (χ2n) is 23.7. The zero-order valence-corrected chi connectivity index (χ0v) is 41.9. The van der Waals surface area contributed by atoms with Crippen molar-refractivity contribution in [2.75, 3.05) is 33.0 Å². The molecule has 0 radical (unpaired) electrons. The van der Waals surface area contributed by atoms with Gasteiger partial charge >= 0.3 is 0 Å². The van der Waals surface area contributed by atoms with E-state index in [1.165, 1.54) is 0 Å². The van der Waals surface area contributed by atoms with Gasteiger partial charge in [-0.15, -0.1) is 0 Å². The molecular formula is C50H80O23. The highest BCUT2D eigenvalue weighted by atomic mass is 16.8. The Bertz CT molecular complexity index is 1910. The monoisotopic (exact) mass is 1050 g/mol. The fourth-order valence-electron chi connectivity index (χ4n) is 15.6. The van der Waals surface area contributed by atoms with Crippen LogP contribution in [0.1, 0.15) is 85.5 Å². The van der Waals surface area contributed by atoms with Crippen molar-refractivity contribution in [1.29, 1.82) is 0 Å². The van der Waals surface area contributed by atoms with Crippen molar-refractivity contribution >= 4 is 5.78 Å². The van der Waals surface area contributed by atoms with Crippen molar-refractivity contribution < 1.29 is 113 Å². The van der Waals surface area contributed by atoms with Gasteiger partial charge in [-0.05, 0) is 80.0 Å². The molecule has 0 aromatic heterocycles. The van der Waals surface area contributed by atoms with Gasteiger partial charge in [-0.25, -0.2) is 0 Å². The Balaban J connectivity index is 0.756. The van der Waals surface area contributed by atoms with E-state index in [9.17, 15) is 66.1 Å². The largest absolute Gasteiger partial charge is 0.394 e. The smallest absolute Gasteiger partial charge is 0.187 e. The summed E-state index contributed by atoms with van der Waals surface area (Å²) in [5.74, 6) is 1.53. The highest BCUT2D eigenvalue weighted by Crippen LogP contribution is 2.70. The van der Waals surface area contributed by atoms with E-state index in [0.717, 1.165) is 38.5 Å². The van der Waals surface area contributed by atoms with Gasteiger partial charge in [0.15, 0.2) is 30.9 Å². The third-order valence-corrected chi connectivity index (χ3v) is 19.9. The zero-order valence-electron chi connectivity index (χ0n) is 41.9. The van der Waals surface area contributed by atoms with Crippen LogP contribution in [0.2, 0.25) is 0 Å². The number of Topliss-reactive ketones (excluding diaryl/α,β-unsaturated/α-hetero) is 1. The number of rotatable bonds is 11. The van der Waals surface area contributed by atoms with E-state index < -0.39 is 154 Å². The number of aliphatic hydroxyl groups is 12. The van der Waals surface area contributed by atoms with E-state index >= 15 is 0 Å². The summed E-state index contributed by atoms with van der Waals surface area (Å²) in [7, 11) is 0. The van der Waals surface area contributed by atoms with Gasteiger partial charge in [-0.1, -0.05) is 27.7 Å². The lowest BCUT2D eigenvalue weighted by Gasteiger charge is -2.60. The first-order valence-corrected chi connectivity index (χ1v) is 26.7. The molecule has 10 fully saturated rings. The minimum Gasteiger partial charge on any atom is -0.394 e. The molecule has 73 heavy (non-hydrogen) atoms. The summed E-state index contributed by atoms with van der Waals surface area (Å²) in [6.45, 7) is 6.70. The van der Waals surface area contributed by atoms with E-state index in [1.807, 2.05) is 0 Å². The molecule has 6 saturated heterocycles. The molecule has 0 aromatic rings. The van der Waals surface area contributed by atoms with E-state index in [1.54, 1.807) is 0 Å². The molecule has 418 valence electrons. The minimum absolute atomic E-state index is 0.000453. The number of carbonyl (C=O) groups excluding carboxylic acids is 1. The normalized spacial score (nSPS) is 57.2. The molecule has 0 aromatic carbocycles. The zero-order chi connectivity index (χ0) is 52.2. The summed E-state index contributed by atoms with van der Waals surface area (Å²) in [5, 5.41) is 129. The minimum atomic E-state index is -2.02. The van der Waals surface area contributed by atoms with Gasteiger partial charge < -0.3 is 109 Å². The van der Waals surface area contributed by atoms with Crippen molar-refractivity contribution in [1.82, 2.24) is 0 Å². The molecule has 10 aliphatic rings. The molecule has 31 atom stereocenters. The Morgan fingerprint density at radius 2 is 1.18 bits per heavy atom. The van der Waals surface area contributed by atoms with Crippen LogP contribution in [0.4, 0.5) is 0 Å². The molecule has 6 heterocycles. The lowest BCUT2D eigenvalue weighted by Crippen LogP contribution is -2.67. The average Bonchev–Trinajstić information content (AvgIpc) is 3.83. The molecule has 23 nitrogen and oxygen atoms in total. The second-order valence-corrected chi connectivity index (χ2v) is 23.7. The van der Waals surface area contributed by atoms with Crippen molar-refractivity contribution in [3.63, 3.8) is 0 Å². The summed E-state index contributed by atoms with van der Waals surface area (Å²) in [4.78, 5) is 14.6. The predicted molar refractivity (Wildman–Crippen MR) is 243 cm³/mol. The van der Waals surface area contributed by atoms with Gasteiger partial charge in [0.25, 0.3) is 0 Å². The van der Waals surface area contributed by atoms with Crippen molar-refractivity contribution in [2.24, 2.45) is 52.3 Å². The first-order valence-electron chi connectivity index (χ1n) is 26.7.